The van der Waals surface area contributed by atoms with Crippen LogP contribution in [-0.4, -0.2) is 30.4 Å². The summed E-state index contributed by atoms with van der Waals surface area (Å²) in [6.45, 7) is 1.89. The van der Waals surface area contributed by atoms with E-state index in [0.29, 0.717) is 12.4 Å². The number of carbonyl (C=O) groups is 1. The number of alkyl halides is 2. The van der Waals surface area contributed by atoms with Crippen LogP contribution >= 0.6 is 0 Å². The fourth-order valence-corrected chi connectivity index (χ4v) is 1.88. The second kappa shape index (κ2) is 6.27. The lowest BCUT2D eigenvalue weighted by Gasteiger charge is -2.10. The molecule has 20 heavy (non-hydrogen) atoms. The number of benzene rings is 1. The third-order valence-corrected chi connectivity index (χ3v) is 2.73. The van der Waals surface area contributed by atoms with Gasteiger partial charge in [-0.25, -0.2) is 13.8 Å². The summed E-state index contributed by atoms with van der Waals surface area (Å²) >= 11 is 0. The normalized spacial score (nSPS) is 10.8. The Balaban J connectivity index is 2.36. The molecule has 0 aliphatic rings. The number of halogens is 2. The molecule has 1 aromatic carbocycles. The highest BCUT2D eigenvalue weighted by Gasteiger charge is 2.13. The fraction of sp³-hybridized carbons (Fsp3) is 0.286. The number of hydrogen-bond acceptors (Lipinski definition) is 3. The molecule has 0 aliphatic heterocycles. The van der Waals surface area contributed by atoms with Gasteiger partial charge >= 0.3 is 0 Å². The maximum Gasteiger partial charge on any atom is 0.270 e. The second-order valence-electron chi connectivity index (χ2n) is 4.21. The Kier molecular flexibility index (Phi) is 4.45. The monoisotopic (exact) mass is 279 g/mol. The van der Waals surface area contributed by atoms with Gasteiger partial charge in [0.25, 0.3) is 12.3 Å². The van der Waals surface area contributed by atoms with E-state index in [1.807, 2.05) is 31.2 Å². The van der Waals surface area contributed by atoms with Gasteiger partial charge in [-0.3, -0.25) is 4.79 Å². The molecule has 1 aromatic heterocycles. The molecule has 0 radical (unpaired) electrons. The quantitative estimate of drug-likeness (QED) is 0.884. The molecule has 0 saturated carbocycles. The summed E-state index contributed by atoms with van der Waals surface area (Å²) in [6.07, 6.45) is -2.58. The third-order valence-electron chi connectivity index (χ3n) is 2.73. The van der Waals surface area contributed by atoms with Crippen LogP contribution < -0.4 is 10.6 Å². The maximum absolute atomic E-state index is 12.1. The van der Waals surface area contributed by atoms with Gasteiger partial charge in [0.05, 0.1) is 6.54 Å². The van der Waals surface area contributed by atoms with E-state index in [0.717, 1.165) is 10.8 Å². The number of rotatable bonds is 5. The molecule has 1 amide bonds. The minimum absolute atomic E-state index is 0.125. The van der Waals surface area contributed by atoms with E-state index in [1.165, 1.54) is 0 Å². The summed E-state index contributed by atoms with van der Waals surface area (Å²) in [7, 11) is 0. The van der Waals surface area contributed by atoms with E-state index >= 15 is 0 Å². The highest BCUT2D eigenvalue weighted by Crippen LogP contribution is 2.22. The lowest BCUT2D eigenvalue weighted by molar-refractivity contribution is 0.0887. The lowest BCUT2D eigenvalue weighted by Crippen LogP contribution is -2.29. The molecule has 0 atom stereocenters. The van der Waals surface area contributed by atoms with Crippen molar-refractivity contribution in [2.45, 2.75) is 13.3 Å². The first-order chi connectivity index (χ1) is 9.61. The zero-order valence-corrected chi connectivity index (χ0v) is 11.0. The Morgan fingerprint density at radius 2 is 2.10 bits per heavy atom. The number of amides is 1. The van der Waals surface area contributed by atoms with Crippen LogP contribution in [0.4, 0.5) is 14.6 Å². The van der Waals surface area contributed by atoms with Gasteiger partial charge in [-0.2, -0.15) is 0 Å². The summed E-state index contributed by atoms with van der Waals surface area (Å²) in [5.74, 6) is -0.0250. The molecular weight excluding hydrogens is 264 g/mol. The van der Waals surface area contributed by atoms with Crippen LogP contribution in [-0.2, 0) is 0 Å². The smallest absolute Gasteiger partial charge is 0.270 e. The van der Waals surface area contributed by atoms with Crippen LogP contribution in [0.2, 0.25) is 0 Å². The predicted molar refractivity (Wildman–Crippen MR) is 74.2 cm³/mol. The Labute approximate surface area is 115 Å². The van der Waals surface area contributed by atoms with E-state index in [1.54, 1.807) is 6.07 Å². The van der Waals surface area contributed by atoms with Gasteiger partial charge in [0, 0.05) is 11.9 Å². The van der Waals surface area contributed by atoms with Gasteiger partial charge in [-0.15, -0.1) is 0 Å². The van der Waals surface area contributed by atoms with E-state index in [2.05, 4.69) is 15.6 Å². The molecule has 2 N–H and O–H groups in total. The molecule has 2 aromatic rings. The standard InChI is InChI=1S/C14H15F2N3O/c1-2-17-13-10-6-4-3-5-9(10)7-11(19-13)14(20)18-8-12(15)16/h3-7,12H,2,8H2,1H3,(H,17,19)(H,18,20). The molecule has 0 spiro atoms. The van der Waals surface area contributed by atoms with Crippen molar-refractivity contribution in [3.05, 3.63) is 36.0 Å². The van der Waals surface area contributed by atoms with Gasteiger partial charge in [0.2, 0.25) is 0 Å². The van der Waals surface area contributed by atoms with Crippen molar-refractivity contribution in [1.82, 2.24) is 10.3 Å². The first kappa shape index (κ1) is 14.2. The number of nitrogens with one attached hydrogen (secondary N) is 2. The van der Waals surface area contributed by atoms with Crippen molar-refractivity contribution < 1.29 is 13.6 Å². The first-order valence-corrected chi connectivity index (χ1v) is 6.31. The van der Waals surface area contributed by atoms with E-state index < -0.39 is 18.9 Å². The van der Waals surface area contributed by atoms with Crippen LogP contribution in [0.1, 0.15) is 17.4 Å². The summed E-state index contributed by atoms with van der Waals surface area (Å²) < 4.78 is 24.2. The van der Waals surface area contributed by atoms with Crippen molar-refractivity contribution in [1.29, 1.82) is 0 Å². The molecule has 0 aliphatic carbocycles. The molecule has 6 heteroatoms. The molecule has 0 fully saturated rings. The zero-order chi connectivity index (χ0) is 14.5. The molecule has 1 heterocycles. The van der Waals surface area contributed by atoms with Gasteiger partial charge in [-0.05, 0) is 18.4 Å². The van der Waals surface area contributed by atoms with Crippen molar-refractivity contribution in [3.8, 4) is 0 Å². The number of fused-ring (bicyclic) bond motifs is 1. The van der Waals surface area contributed by atoms with Gasteiger partial charge in [-0.1, -0.05) is 24.3 Å². The predicted octanol–water partition coefficient (Wildman–Crippen LogP) is 2.66. The van der Waals surface area contributed by atoms with Gasteiger partial charge < -0.3 is 10.6 Å². The molecule has 0 saturated heterocycles. The average Bonchev–Trinajstić information content (AvgIpc) is 2.45. The molecule has 0 bridgehead atoms. The molecule has 0 unspecified atom stereocenters. The number of aromatic nitrogens is 1. The molecule has 2 rings (SSSR count). The van der Waals surface area contributed by atoms with Crippen LogP contribution in [0.25, 0.3) is 10.8 Å². The Bertz CT molecular complexity index is 616. The average molecular weight is 279 g/mol. The fourth-order valence-electron chi connectivity index (χ4n) is 1.88. The maximum atomic E-state index is 12.1. The van der Waals surface area contributed by atoms with Crippen LogP contribution in [0.3, 0.4) is 0 Å². The largest absolute Gasteiger partial charge is 0.370 e. The van der Waals surface area contributed by atoms with E-state index in [-0.39, 0.29) is 5.69 Å². The number of nitrogens with zero attached hydrogens (tertiary/aromatic N) is 1. The molecule has 4 nitrogen and oxygen atoms in total. The summed E-state index contributed by atoms with van der Waals surface area (Å²) in [5, 5.41) is 6.95. The number of carbonyl (C=O) groups excluding carboxylic acids is 1. The Morgan fingerprint density at radius 3 is 2.80 bits per heavy atom. The Hall–Kier alpha value is -2.24. The summed E-state index contributed by atoms with van der Waals surface area (Å²) in [6, 6.07) is 9.06. The summed E-state index contributed by atoms with van der Waals surface area (Å²) in [5.41, 5.74) is 0.125. The lowest BCUT2D eigenvalue weighted by atomic mass is 10.1. The van der Waals surface area contributed by atoms with Crippen LogP contribution in [0.5, 0.6) is 0 Å². The van der Waals surface area contributed by atoms with Crippen LogP contribution in [0.15, 0.2) is 30.3 Å². The Morgan fingerprint density at radius 1 is 1.35 bits per heavy atom. The van der Waals surface area contributed by atoms with E-state index in [9.17, 15) is 13.6 Å². The van der Waals surface area contributed by atoms with E-state index in [4.69, 9.17) is 0 Å². The first-order valence-electron chi connectivity index (χ1n) is 6.31. The van der Waals surface area contributed by atoms with Gasteiger partial charge in [0.15, 0.2) is 0 Å². The van der Waals surface area contributed by atoms with Crippen molar-refractivity contribution in [2.75, 3.05) is 18.4 Å². The third kappa shape index (κ3) is 3.20. The highest BCUT2D eigenvalue weighted by molar-refractivity contribution is 6.00. The minimum Gasteiger partial charge on any atom is -0.370 e. The number of pyridine rings is 1. The van der Waals surface area contributed by atoms with Crippen molar-refractivity contribution >= 4 is 22.5 Å². The summed E-state index contributed by atoms with van der Waals surface area (Å²) in [4.78, 5) is 16.0. The van der Waals surface area contributed by atoms with Crippen molar-refractivity contribution in [3.63, 3.8) is 0 Å². The molecular formula is C14H15F2N3O. The molecule has 106 valence electrons. The number of anilines is 1. The second-order valence-corrected chi connectivity index (χ2v) is 4.21. The highest BCUT2D eigenvalue weighted by atomic mass is 19.3. The van der Waals surface area contributed by atoms with Crippen molar-refractivity contribution in [2.24, 2.45) is 0 Å². The topological polar surface area (TPSA) is 54.0 Å². The zero-order valence-electron chi connectivity index (χ0n) is 11.0. The van der Waals surface area contributed by atoms with Crippen LogP contribution in [0, 0.1) is 0 Å². The SMILES string of the molecule is CCNc1nc(C(=O)NCC(F)F)cc2ccccc12. The number of hydrogen-bond donors (Lipinski definition) is 2. The minimum atomic E-state index is -2.58. The van der Waals surface area contributed by atoms with Gasteiger partial charge in [0.1, 0.15) is 11.5 Å².